The molecule has 28 heavy (non-hydrogen) atoms. The molecule has 146 valence electrons. The van der Waals surface area contributed by atoms with Crippen LogP contribution in [-0.4, -0.2) is 7.11 Å². The van der Waals surface area contributed by atoms with Crippen molar-refractivity contribution in [3.05, 3.63) is 76.9 Å². The molecule has 3 aromatic carbocycles. The Bertz CT molecular complexity index is 1010. The molecular formula is C22H23F2N3O. The predicted molar refractivity (Wildman–Crippen MR) is 107 cm³/mol. The lowest BCUT2D eigenvalue weighted by Gasteiger charge is -2.21. The van der Waals surface area contributed by atoms with Crippen LogP contribution in [0.2, 0.25) is 0 Å². The average Bonchev–Trinajstić information content (AvgIpc) is 2.72. The Hall–Kier alpha value is -2.80. The molecule has 0 aliphatic carbocycles. The Morgan fingerprint density at radius 3 is 2.14 bits per heavy atom. The first-order chi connectivity index (χ1) is 13.5. The topological polar surface area (TPSA) is 87.3 Å². The summed E-state index contributed by atoms with van der Waals surface area (Å²) in [4.78, 5) is 0. The SMILES string of the molecule is COc1c(-c2cccc(F)c2CN)ccc(CN)c1-c1ccc(F)cc1CN. The zero-order valence-electron chi connectivity index (χ0n) is 15.6. The van der Waals surface area contributed by atoms with Gasteiger partial charge in [-0.15, -0.1) is 0 Å². The zero-order chi connectivity index (χ0) is 20.3. The van der Waals surface area contributed by atoms with Gasteiger partial charge in [0.15, 0.2) is 0 Å². The van der Waals surface area contributed by atoms with E-state index in [4.69, 9.17) is 21.9 Å². The summed E-state index contributed by atoms with van der Waals surface area (Å²) in [6.45, 7) is 0.447. The first kappa shape index (κ1) is 19.9. The van der Waals surface area contributed by atoms with Crippen molar-refractivity contribution in [3.63, 3.8) is 0 Å². The molecule has 0 aliphatic rings. The van der Waals surface area contributed by atoms with Crippen molar-refractivity contribution >= 4 is 0 Å². The fourth-order valence-electron chi connectivity index (χ4n) is 3.51. The number of hydrogen-bond acceptors (Lipinski definition) is 4. The Morgan fingerprint density at radius 2 is 1.50 bits per heavy atom. The van der Waals surface area contributed by atoms with Gasteiger partial charge in [-0.05, 0) is 40.5 Å². The zero-order valence-corrected chi connectivity index (χ0v) is 15.6. The van der Waals surface area contributed by atoms with Crippen molar-refractivity contribution in [1.29, 1.82) is 0 Å². The van der Waals surface area contributed by atoms with E-state index in [2.05, 4.69) is 0 Å². The van der Waals surface area contributed by atoms with E-state index in [9.17, 15) is 8.78 Å². The maximum absolute atomic E-state index is 14.3. The molecule has 6 N–H and O–H groups in total. The minimum absolute atomic E-state index is 0.0454. The molecule has 0 bridgehead atoms. The lowest BCUT2D eigenvalue weighted by atomic mass is 9.89. The van der Waals surface area contributed by atoms with Gasteiger partial charge < -0.3 is 21.9 Å². The number of rotatable bonds is 6. The Kier molecular flexibility index (Phi) is 6.04. The first-order valence-corrected chi connectivity index (χ1v) is 8.92. The highest BCUT2D eigenvalue weighted by molar-refractivity contribution is 5.87. The van der Waals surface area contributed by atoms with E-state index in [1.165, 1.54) is 25.3 Å². The summed E-state index contributed by atoms with van der Waals surface area (Å²) in [5, 5.41) is 0. The highest BCUT2D eigenvalue weighted by Crippen LogP contribution is 2.43. The summed E-state index contributed by atoms with van der Waals surface area (Å²) in [5.41, 5.74) is 22.2. The first-order valence-electron chi connectivity index (χ1n) is 8.92. The van der Waals surface area contributed by atoms with Gasteiger partial charge in [0.1, 0.15) is 17.4 Å². The molecule has 0 saturated heterocycles. The molecule has 0 saturated carbocycles. The van der Waals surface area contributed by atoms with E-state index >= 15 is 0 Å². The fourth-order valence-corrected chi connectivity index (χ4v) is 3.51. The van der Waals surface area contributed by atoms with Crippen molar-refractivity contribution in [2.75, 3.05) is 7.11 Å². The molecule has 0 atom stereocenters. The van der Waals surface area contributed by atoms with Crippen LogP contribution in [0.25, 0.3) is 22.3 Å². The van der Waals surface area contributed by atoms with Gasteiger partial charge in [0.2, 0.25) is 0 Å². The molecule has 0 spiro atoms. The number of hydrogen-bond donors (Lipinski definition) is 3. The second-order valence-corrected chi connectivity index (χ2v) is 6.36. The van der Waals surface area contributed by atoms with E-state index in [0.717, 1.165) is 16.7 Å². The van der Waals surface area contributed by atoms with Gasteiger partial charge in [-0.1, -0.05) is 30.3 Å². The molecule has 0 fully saturated rings. The Labute approximate surface area is 162 Å². The molecule has 6 heteroatoms. The third kappa shape index (κ3) is 3.49. The van der Waals surface area contributed by atoms with Crippen LogP contribution in [0.4, 0.5) is 8.78 Å². The molecule has 0 unspecified atom stereocenters. The smallest absolute Gasteiger partial charge is 0.134 e. The Morgan fingerprint density at radius 1 is 0.786 bits per heavy atom. The van der Waals surface area contributed by atoms with Crippen LogP contribution >= 0.6 is 0 Å². The standard InChI is InChI=1S/C22H23F2N3O/c1-28-22-18(17-3-2-4-20(24)19(17)12-27)7-5-13(10-25)21(22)16-8-6-15(23)9-14(16)11-26/h2-9H,10-12,25-27H2,1H3. The van der Waals surface area contributed by atoms with Gasteiger partial charge in [-0.3, -0.25) is 0 Å². The molecule has 0 amide bonds. The van der Waals surface area contributed by atoms with Crippen LogP contribution in [0.1, 0.15) is 16.7 Å². The van der Waals surface area contributed by atoms with Crippen LogP contribution in [0.5, 0.6) is 5.75 Å². The molecular weight excluding hydrogens is 360 g/mol. The van der Waals surface area contributed by atoms with Crippen molar-refractivity contribution in [2.45, 2.75) is 19.6 Å². The van der Waals surface area contributed by atoms with Gasteiger partial charge in [0.05, 0.1) is 7.11 Å². The largest absolute Gasteiger partial charge is 0.495 e. The predicted octanol–water partition coefficient (Wildman–Crippen LogP) is 3.68. The molecule has 4 nitrogen and oxygen atoms in total. The number of nitrogens with two attached hydrogens (primary N) is 3. The van der Waals surface area contributed by atoms with E-state index in [-0.39, 0.29) is 31.3 Å². The number of halogens is 2. The number of ether oxygens (including phenoxy) is 1. The minimum Gasteiger partial charge on any atom is -0.495 e. The van der Waals surface area contributed by atoms with Gasteiger partial charge in [-0.25, -0.2) is 8.78 Å². The third-order valence-electron chi connectivity index (χ3n) is 4.84. The van der Waals surface area contributed by atoms with Gasteiger partial charge >= 0.3 is 0 Å². The lowest BCUT2D eigenvalue weighted by molar-refractivity contribution is 0.417. The second kappa shape index (κ2) is 8.48. The van der Waals surface area contributed by atoms with E-state index < -0.39 is 0 Å². The molecule has 0 radical (unpaired) electrons. The quantitative estimate of drug-likeness (QED) is 0.606. The van der Waals surface area contributed by atoms with Crippen molar-refractivity contribution in [2.24, 2.45) is 17.2 Å². The highest BCUT2D eigenvalue weighted by Gasteiger charge is 2.21. The van der Waals surface area contributed by atoms with Crippen LogP contribution in [-0.2, 0) is 19.6 Å². The maximum atomic E-state index is 14.3. The molecule has 3 aromatic rings. The summed E-state index contributed by atoms with van der Waals surface area (Å²) in [5.74, 6) is -0.232. The molecule has 0 heterocycles. The van der Waals surface area contributed by atoms with Gasteiger partial charge in [-0.2, -0.15) is 0 Å². The normalized spacial score (nSPS) is 10.9. The highest BCUT2D eigenvalue weighted by atomic mass is 19.1. The van der Waals surface area contributed by atoms with Crippen LogP contribution < -0.4 is 21.9 Å². The van der Waals surface area contributed by atoms with Crippen molar-refractivity contribution in [1.82, 2.24) is 0 Å². The molecule has 0 aromatic heterocycles. The lowest BCUT2D eigenvalue weighted by Crippen LogP contribution is -2.07. The number of benzene rings is 3. The summed E-state index contributed by atoms with van der Waals surface area (Å²) in [7, 11) is 1.54. The van der Waals surface area contributed by atoms with Gasteiger partial charge in [0, 0.05) is 36.3 Å². The molecule has 3 rings (SSSR count). The van der Waals surface area contributed by atoms with Gasteiger partial charge in [0.25, 0.3) is 0 Å². The monoisotopic (exact) mass is 383 g/mol. The van der Waals surface area contributed by atoms with E-state index in [1.54, 1.807) is 18.2 Å². The fraction of sp³-hybridized carbons (Fsp3) is 0.182. The summed E-state index contributed by atoms with van der Waals surface area (Å²) in [6.07, 6.45) is 0. The van der Waals surface area contributed by atoms with E-state index in [0.29, 0.717) is 28.0 Å². The third-order valence-corrected chi connectivity index (χ3v) is 4.84. The minimum atomic E-state index is -0.379. The molecule has 0 aliphatic heterocycles. The number of methoxy groups -OCH3 is 1. The van der Waals surface area contributed by atoms with Crippen molar-refractivity contribution < 1.29 is 13.5 Å². The summed E-state index contributed by atoms with van der Waals surface area (Å²) >= 11 is 0. The van der Waals surface area contributed by atoms with Crippen LogP contribution in [0, 0.1) is 11.6 Å². The summed E-state index contributed by atoms with van der Waals surface area (Å²) in [6, 6.07) is 12.9. The maximum Gasteiger partial charge on any atom is 0.134 e. The van der Waals surface area contributed by atoms with Crippen molar-refractivity contribution in [3.8, 4) is 28.0 Å². The Balaban J connectivity index is 2.36. The summed E-state index contributed by atoms with van der Waals surface area (Å²) < 4.78 is 33.8. The average molecular weight is 383 g/mol. The van der Waals surface area contributed by atoms with E-state index in [1.807, 2.05) is 12.1 Å². The second-order valence-electron chi connectivity index (χ2n) is 6.36. The van der Waals surface area contributed by atoms with Crippen LogP contribution in [0.15, 0.2) is 48.5 Å². The van der Waals surface area contributed by atoms with Crippen LogP contribution in [0.3, 0.4) is 0 Å².